The Labute approximate surface area is 181 Å². The number of nitrogens with one attached hydrogen (secondary N) is 1. The van der Waals surface area contributed by atoms with Crippen molar-refractivity contribution in [3.05, 3.63) is 58.1 Å². The number of nitrogens with zero attached hydrogens (tertiary/aromatic N) is 2. The van der Waals surface area contributed by atoms with Crippen molar-refractivity contribution in [1.82, 2.24) is 14.1 Å². The van der Waals surface area contributed by atoms with Crippen molar-refractivity contribution in [2.75, 3.05) is 0 Å². The van der Waals surface area contributed by atoms with Crippen molar-refractivity contribution in [2.45, 2.75) is 40.0 Å². The summed E-state index contributed by atoms with van der Waals surface area (Å²) in [4.78, 5) is 3.32. The van der Waals surface area contributed by atoms with Gasteiger partial charge in [-0.15, -0.1) is 0 Å². The zero-order valence-electron chi connectivity index (χ0n) is 17.9. The first-order valence-electron chi connectivity index (χ1n) is 10.2. The van der Waals surface area contributed by atoms with Gasteiger partial charge in [-0.1, -0.05) is 20.8 Å². The number of phenolic OH excluding ortho intramolecular Hbond substituents is 2. The van der Waals surface area contributed by atoms with Crippen molar-refractivity contribution in [3.8, 4) is 28.4 Å². The lowest BCUT2D eigenvalue weighted by Gasteiger charge is -2.16. The minimum atomic E-state index is 0.0336. The first kappa shape index (κ1) is 20.3. The molecule has 0 fully saturated rings. The first-order chi connectivity index (χ1) is 14.2. The van der Waals surface area contributed by atoms with Gasteiger partial charge < -0.3 is 19.8 Å². The largest absolute Gasteiger partial charge is 0.508 e. The maximum absolute atomic E-state index is 10.7. The molecule has 4 aromatic rings. The molecule has 0 spiro atoms. The van der Waals surface area contributed by atoms with Crippen LogP contribution in [0.5, 0.6) is 11.5 Å². The number of phenols is 2. The van der Waals surface area contributed by atoms with Crippen LogP contribution in [0.15, 0.2) is 36.5 Å². The van der Waals surface area contributed by atoms with Crippen molar-refractivity contribution in [3.63, 3.8) is 0 Å². The zero-order chi connectivity index (χ0) is 21.7. The molecule has 3 N–H and O–H groups in total. The number of hydrogen-bond acceptors (Lipinski definition) is 3. The highest BCUT2D eigenvalue weighted by molar-refractivity contribution is 7.71. The maximum Gasteiger partial charge on any atom is 0.182 e. The summed E-state index contributed by atoms with van der Waals surface area (Å²) < 4.78 is 4.67. The Hall–Kier alpha value is -2.99. The van der Waals surface area contributed by atoms with E-state index in [-0.39, 0.29) is 17.4 Å². The fourth-order valence-electron chi connectivity index (χ4n) is 4.23. The van der Waals surface area contributed by atoms with E-state index in [1.807, 2.05) is 31.5 Å². The standard InChI is InChI=1S/C24H27N3O2S/c1-6-19-23(18-10-16(13(2)3)21(28)11-22(18)29)27(24(30)25-19)15-7-8-20-17(9-15)14(4)12-26(20)5/h7-13,28-29H,6H2,1-5H3,(H,25,30). The minimum absolute atomic E-state index is 0.0336. The Morgan fingerprint density at radius 3 is 2.50 bits per heavy atom. The zero-order valence-corrected chi connectivity index (χ0v) is 18.8. The van der Waals surface area contributed by atoms with E-state index >= 15 is 0 Å². The number of aromatic hydroxyl groups is 2. The Bertz CT molecular complexity index is 1320. The SMILES string of the molecule is CCc1[nH]c(=S)n(-c2ccc3c(c2)c(C)cn3C)c1-c1cc(C(C)C)c(O)cc1O. The molecule has 5 nitrogen and oxygen atoms in total. The van der Waals surface area contributed by atoms with Crippen molar-refractivity contribution >= 4 is 23.1 Å². The lowest BCUT2D eigenvalue weighted by Crippen LogP contribution is -2.00. The van der Waals surface area contributed by atoms with Gasteiger partial charge in [0.25, 0.3) is 0 Å². The molecule has 0 unspecified atom stereocenters. The molecule has 0 saturated carbocycles. The fraction of sp³-hybridized carbons (Fsp3) is 0.292. The van der Waals surface area contributed by atoms with Crippen LogP contribution in [0.25, 0.3) is 27.8 Å². The summed E-state index contributed by atoms with van der Waals surface area (Å²) in [6.45, 7) is 8.19. The number of fused-ring (bicyclic) bond motifs is 1. The van der Waals surface area contributed by atoms with Gasteiger partial charge in [0.15, 0.2) is 4.77 Å². The molecule has 0 aliphatic carbocycles. The highest BCUT2D eigenvalue weighted by Crippen LogP contribution is 2.40. The van der Waals surface area contributed by atoms with Crippen LogP contribution in [0.4, 0.5) is 0 Å². The molecule has 30 heavy (non-hydrogen) atoms. The van der Waals surface area contributed by atoms with Gasteiger partial charge in [-0.3, -0.25) is 4.57 Å². The van der Waals surface area contributed by atoms with Gasteiger partial charge in [-0.05, 0) is 66.9 Å². The monoisotopic (exact) mass is 421 g/mol. The van der Waals surface area contributed by atoms with Crippen molar-refractivity contribution in [2.24, 2.45) is 7.05 Å². The number of aromatic amines is 1. The Morgan fingerprint density at radius 1 is 1.10 bits per heavy atom. The summed E-state index contributed by atoms with van der Waals surface area (Å²) in [7, 11) is 2.04. The molecule has 0 bridgehead atoms. The normalized spacial score (nSPS) is 11.7. The number of H-pyrrole nitrogens is 1. The van der Waals surface area contributed by atoms with E-state index in [4.69, 9.17) is 12.2 Å². The van der Waals surface area contributed by atoms with Gasteiger partial charge >= 0.3 is 0 Å². The summed E-state index contributed by atoms with van der Waals surface area (Å²) in [6, 6.07) is 9.58. The highest BCUT2D eigenvalue weighted by atomic mass is 32.1. The molecule has 156 valence electrons. The van der Waals surface area contributed by atoms with E-state index in [1.54, 1.807) is 0 Å². The second-order valence-electron chi connectivity index (χ2n) is 8.15. The molecule has 0 saturated heterocycles. The van der Waals surface area contributed by atoms with Crippen molar-refractivity contribution in [1.29, 1.82) is 0 Å². The van der Waals surface area contributed by atoms with E-state index in [2.05, 4.69) is 47.8 Å². The maximum atomic E-state index is 10.7. The van der Waals surface area contributed by atoms with Gasteiger partial charge in [0.2, 0.25) is 0 Å². The lowest BCUT2D eigenvalue weighted by molar-refractivity contribution is 0.445. The van der Waals surface area contributed by atoms with Crippen LogP contribution >= 0.6 is 12.2 Å². The number of imidazole rings is 1. The summed E-state index contributed by atoms with van der Waals surface area (Å²) in [6.07, 6.45) is 2.85. The molecule has 0 aliphatic heterocycles. The second kappa shape index (κ2) is 7.36. The molecule has 2 aromatic heterocycles. The van der Waals surface area contributed by atoms with Gasteiger partial charge in [-0.25, -0.2) is 0 Å². The molecular weight excluding hydrogens is 394 g/mol. The average Bonchev–Trinajstić information content (AvgIpc) is 3.17. The van der Waals surface area contributed by atoms with Crippen molar-refractivity contribution < 1.29 is 10.2 Å². The molecule has 0 radical (unpaired) electrons. The van der Waals surface area contributed by atoms with E-state index in [9.17, 15) is 10.2 Å². The molecule has 0 amide bonds. The lowest BCUT2D eigenvalue weighted by atomic mass is 9.96. The highest BCUT2D eigenvalue weighted by Gasteiger charge is 2.21. The quantitative estimate of drug-likeness (QED) is 0.349. The molecule has 0 atom stereocenters. The van der Waals surface area contributed by atoms with Gasteiger partial charge in [-0.2, -0.15) is 0 Å². The Morgan fingerprint density at radius 2 is 1.83 bits per heavy atom. The molecule has 0 aliphatic rings. The van der Waals surface area contributed by atoms with Gasteiger partial charge in [0.1, 0.15) is 11.5 Å². The third-order valence-corrected chi connectivity index (χ3v) is 6.06. The van der Waals surface area contributed by atoms with Crippen LogP contribution in [-0.4, -0.2) is 24.3 Å². The van der Waals surface area contributed by atoms with E-state index in [0.717, 1.165) is 34.6 Å². The molecule has 2 heterocycles. The van der Waals surface area contributed by atoms with E-state index in [0.29, 0.717) is 10.3 Å². The van der Waals surface area contributed by atoms with E-state index in [1.165, 1.54) is 17.0 Å². The number of hydrogen-bond donors (Lipinski definition) is 3. The van der Waals surface area contributed by atoms with Crippen LogP contribution < -0.4 is 0 Å². The number of aryl methyl sites for hydroxylation is 3. The number of aromatic nitrogens is 3. The Kier molecular flexibility index (Phi) is 4.98. The third kappa shape index (κ3) is 3.12. The van der Waals surface area contributed by atoms with Crippen LogP contribution in [-0.2, 0) is 13.5 Å². The number of benzene rings is 2. The predicted molar refractivity (Wildman–Crippen MR) is 124 cm³/mol. The van der Waals surface area contributed by atoms with Gasteiger partial charge in [0.05, 0.1) is 5.69 Å². The molecule has 4 rings (SSSR count). The van der Waals surface area contributed by atoms with Gasteiger partial charge in [0, 0.05) is 47.2 Å². The topological polar surface area (TPSA) is 66.1 Å². The minimum Gasteiger partial charge on any atom is -0.508 e. The number of rotatable bonds is 4. The molecule has 2 aromatic carbocycles. The van der Waals surface area contributed by atoms with Crippen LogP contribution in [0.2, 0.25) is 0 Å². The first-order valence-corrected chi connectivity index (χ1v) is 10.6. The molecular formula is C24H27N3O2S. The Balaban J connectivity index is 2.04. The predicted octanol–water partition coefficient (Wildman–Crippen LogP) is 6.10. The second-order valence-corrected chi connectivity index (χ2v) is 8.54. The fourth-order valence-corrected chi connectivity index (χ4v) is 4.55. The summed E-state index contributed by atoms with van der Waals surface area (Å²) >= 11 is 5.69. The third-order valence-electron chi connectivity index (χ3n) is 5.78. The van der Waals surface area contributed by atoms with Crippen LogP contribution in [0, 0.1) is 11.7 Å². The molecule has 6 heteroatoms. The van der Waals surface area contributed by atoms with E-state index < -0.39 is 0 Å². The average molecular weight is 422 g/mol. The van der Waals surface area contributed by atoms with Crippen LogP contribution in [0.1, 0.15) is 43.5 Å². The summed E-state index contributed by atoms with van der Waals surface area (Å²) in [5, 5.41) is 22.2. The van der Waals surface area contributed by atoms with Crippen LogP contribution in [0.3, 0.4) is 0 Å². The smallest absolute Gasteiger partial charge is 0.182 e. The summed E-state index contributed by atoms with van der Waals surface area (Å²) in [5.41, 5.74) is 6.51. The summed E-state index contributed by atoms with van der Waals surface area (Å²) in [5.74, 6) is 0.255.